The molecule has 2 aliphatic heterocycles. The summed E-state index contributed by atoms with van der Waals surface area (Å²) in [6.07, 6.45) is 4.00. The van der Waals surface area contributed by atoms with E-state index in [-0.39, 0.29) is 6.04 Å². The van der Waals surface area contributed by atoms with Crippen LogP contribution in [0, 0.1) is 0 Å². The normalized spacial score (nSPS) is 16.6. The fourth-order valence-corrected chi connectivity index (χ4v) is 6.50. The fraction of sp³-hybridized carbons (Fsp3) is 0.0556. The van der Waals surface area contributed by atoms with Crippen molar-refractivity contribution in [3.05, 3.63) is 139 Å². The SMILES string of the molecule is C1=C2C(c3cccc4ccccc34)=NC(n3c4ccccc4c4ccc5c(ccn5-c5ccccc5)c43)=NC2CO1. The molecule has 0 radical (unpaired) electrons. The highest BCUT2D eigenvalue weighted by Crippen LogP contribution is 2.37. The summed E-state index contributed by atoms with van der Waals surface area (Å²) in [4.78, 5) is 10.5. The first-order chi connectivity index (χ1) is 20.3. The predicted octanol–water partition coefficient (Wildman–Crippen LogP) is 7.88. The summed E-state index contributed by atoms with van der Waals surface area (Å²) < 4.78 is 10.4. The van der Waals surface area contributed by atoms with Crippen LogP contribution < -0.4 is 0 Å². The van der Waals surface area contributed by atoms with Gasteiger partial charge in [-0.25, -0.2) is 9.98 Å². The van der Waals surface area contributed by atoms with Crippen molar-refractivity contribution in [1.29, 1.82) is 0 Å². The van der Waals surface area contributed by atoms with Crippen molar-refractivity contribution >= 4 is 55.2 Å². The molecular weight excluding hydrogens is 504 g/mol. The highest BCUT2D eigenvalue weighted by molar-refractivity contribution is 6.27. The molecule has 5 nitrogen and oxygen atoms in total. The third kappa shape index (κ3) is 3.23. The summed E-state index contributed by atoms with van der Waals surface area (Å²) in [6.45, 7) is 0.513. The number of aromatic nitrogens is 2. The van der Waals surface area contributed by atoms with E-state index in [1.807, 2.05) is 12.3 Å². The summed E-state index contributed by atoms with van der Waals surface area (Å²) in [6, 6.07) is 40.5. The molecular formula is C36H24N4O. The number of hydrogen-bond acceptors (Lipinski definition) is 3. The lowest BCUT2D eigenvalue weighted by Crippen LogP contribution is -2.27. The van der Waals surface area contributed by atoms with Gasteiger partial charge < -0.3 is 9.30 Å². The summed E-state index contributed by atoms with van der Waals surface area (Å²) in [7, 11) is 0. The molecule has 5 heteroatoms. The third-order valence-electron chi connectivity index (χ3n) is 8.36. The molecule has 0 fully saturated rings. The van der Waals surface area contributed by atoms with Crippen molar-refractivity contribution in [3.8, 4) is 5.69 Å². The number of para-hydroxylation sites is 2. The number of fused-ring (bicyclic) bond motifs is 7. The van der Waals surface area contributed by atoms with E-state index < -0.39 is 0 Å². The molecule has 0 spiro atoms. The average Bonchev–Trinajstić information content (AvgIpc) is 3.76. The molecule has 0 N–H and O–H groups in total. The largest absolute Gasteiger partial charge is 0.498 e. The molecule has 1 unspecified atom stereocenters. The van der Waals surface area contributed by atoms with E-state index in [0.717, 1.165) is 44.5 Å². The lowest BCUT2D eigenvalue weighted by atomic mass is 9.93. The number of benzene rings is 5. The van der Waals surface area contributed by atoms with E-state index in [4.69, 9.17) is 14.7 Å². The fourth-order valence-electron chi connectivity index (χ4n) is 6.50. The van der Waals surface area contributed by atoms with Gasteiger partial charge >= 0.3 is 0 Å². The smallest absolute Gasteiger partial charge is 0.231 e. The predicted molar refractivity (Wildman–Crippen MR) is 167 cm³/mol. The standard InChI is InChI=1S/C36H24N4O/c1-2-11-24(12-3-1)39-20-19-29-32(39)18-17-28-26-14-6-7-16-33(26)40(35(28)29)36-37-31-22-41-21-30(31)34(38-36)27-15-8-10-23-9-4-5-13-25(23)27/h1-21,31H,22H2. The summed E-state index contributed by atoms with van der Waals surface area (Å²) >= 11 is 0. The van der Waals surface area contributed by atoms with Crippen LogP contribution in [-0.4, -0.2) is 33.5 Å². The van der Waals surface area contributed by atoms with Gasteiger partial charge in [0.25, 0.3) is 0 Å². The van der Waals surface area contributed by atoms with Gasteiger partial charge in [-0.15, -0.1) is 0 Å². The average molecular weight is 529 g/mol. The maximum absolute atomic E-state index is 5.86. The Hall–Kier alpha value is -5.42. The molecule has 2 aliphatic rings. The van der Waals surface area contributed by atoms with Crippen LogP contribution >= 0.6 is 0 Å². The van der Waals surface area contributed by atoms with Crippen molar-refractivity contribution in [2.75, 3.05) is 6.61 Å². The van der Waals surface area contributed by atoms with Crippen molar-refractivity contribution < 1.29 is 4.74 Å². The third-order valence-corrected chi connectivity index (χ3v) is 8.36. The molecule has 41 heavy (non-hydrogen) atoms. The molecule has 9 rings (SSSR count). The number of aliphatic imine (C=N–C) groups is 2. The van der Waals surface area contributed by atoms with Gasteiger partial charge in [0, 0.05) is 39.2 Å². The molecule has 0 saturated heterocycles. The van der Waals surface area contributed by atoms with Gasteiger partial charge in [-0.3, -0.25) is 4.57 Å². The van der Waals surface area contributed by atoms with Crippen molar-refractivity contribution in [2.45, 2.75) is 6.04 Å². The summed E-state index contributed by atoms with van der Waals surface area (Å²) in [5, 5.41) is 5.90. The molecule has 7 aromatic rings. The van der Waals surface area contributed by atoms with E-state index in [9.17, 15) is 0 Å². The van der Waals surface area contributed by atoms with E-state index in [0.29, 0.717) is 12.6 Å². The first-order valence-electron chi connectivity index (χ1n) is 13.9. The molecule has 0 aliphatic carbocycles. The van der Waals surface area contributed by atoms with Crippen molar-refractivity contribution in [1.82, 2.24) is 9.13 Å². The van der Waals surface area contributed by atoms with Crippen LogP contribution in [-0.2, 0) is 4.74 Å². The van der Waals surface area contributed by atoms with Gasteiger partial charge in [-0.05, 0) is 41.1 Å². The number of rotatable bonds is 2. The molecule has 4 heterocycles. The van der Waals surface area contributed by atoms with Crippen LogP contribution in [0.1, 0.15) is 5.56 Å². The van der Waals surface area contributed by atoms with Crippen molar-refractivity contribution in [3.63, 3.8) is 0 Å². The van der Waals surface area contributed by atoms with Gasteiger partial charge in [-0.1, -0.05) is 84.9 Å². The van der Waals surface area contributed by atoms with E-state index in [2.05, 4.69) is 125 Å². The maximum atomic E-state index is 5.86. The highest BCUT2D eigenvalue weighted by Gasteiger charge is 2.32. The van der Waals surface area contributed by atoms with Crippen LogP contribution in [0.4, 0.5) is 0 Å². The van der Waals surface area contributed by atoms with Gasteiger partial charge in [0.05, 0.1) is 28.5 Å². The topological polar surface area (TPSA) is 43.8 Å². The summed E-state index contributed by atoms with van der Waals surface area (Å²) in [5.41, 5.74) is 7.54. The highest BCUT2D eigenvalue weighted by atomic mass is 16.5. The Labute approximate surface area is 236 Å². The summed E-state index contributed by atoms with van der Waals surface area (Å²) in [5.74, 6) is 0.687. The molecule has 0 saturated carbocycles. The van der Waals surface area contributed by atoms with E-state index in [1.54, 1.807) is 0 Å². The molecule has 5 aromatic carbocycles. The quantitative estimate of drug-likeness (QED) is 0.225. The zero-order chi connectivity index (χ0) is 26.9. The number of nitrogens with zero attached hydrogens (tertiary/aromatic N) is 4. The Balaban J connectivity index is 1.35. The van der Waals surface area contributed by atoms with Crippen LogP contribution in [0.25, 0.3) is 49.2 Å². The molecule has 1 atom stereocenters. The minimum atomic E-state index is -0.110. The maximum Gasteiger partial charge on any atom is 0.231 e. The molecule has 2 aromatic heterocycles. The molecule has 0 bridgehead atoms. The van der Waals surface area contributed by atoms with Crippen molar-refractivity contribution in [2.24, 2.45) is 9.98 Å². The second-order valence-electron chi connectivity index (χ2n) is 10.6. The van der Waals surface area contributed by atoms with Gasteiger partial charge in [0.2, 0.25) is 5.96 Å². The van der Waals surface area contributed by atoms with Crippen LogP contribution in [0.2, 0.25) is 0 Å². The number of hydrogen-bond donors (Lipinski definition) is 0. The van der Waals surface area contributed by atoms with Crippen LogP contribution in [0.3, 0.4) is 0 Å². The minimum Gasteiger partial charge on any atom is -0.498 e. The Morgan fingerprint density at radius 3 is 2.39 bits per heavy atom. The monoisotopic (exact) mass is 528 g/mol. The Morgan fingerprint density at radius 1 is 0.659 bits per heavy atom. The minimum absolute atomic E-state index is 0.110. The van der Waals surface area contributed by atoms with E-state index >= 15 is 0 Å². The Morgan fingerprint density at radius 2 is 1.46 bits per heavy atom. The second-order valence-corrected chi connectivity index (χ2v) is 10.6. The zero-order valence-electron chi connectivity index (χ0n) is 22.1. The van der Waals surface area contributed by atoms with Crippen LogP contribution in [0.15, 0.2) is 143 Å². The lowest BCUT2D eigenvalue weighted by molar-refractivity contribution is 0.270. The zero-order valence-corrected chi connectivity index (χ0v) is 22.1. The second kappa shape index (κ2) is 8.54. The van der Waals surface area contributed by atoms with Crippen LogP contribution in [0.5, 0.6) is 0 Å². The lowest BCUT2D eigenvalue weighted by Gasteiger charge is -2.21. The number of ether oxygens (including phenoxy) is 1. The molecule has 0 amide bonds. The Kier molecular flexibility index (Phi) is 4.66. The molecule has 194 valence electrons. The van der Waals surface area contributed by atoms with Gasteiger partial charge in [-0.2, -0.15) is 0 Å². The van der Waals surface area contributed by atoms with E-state index in [1.165, 1.54) is 21.5 Å². The van der Waals surface area contributed by atoms with Gasteiger partial charge in [0.1, 0.15) is 12.6 Å². The first-order valence-corrected chi connectivity index (χ1v) is 13.9. The first kappa shape index (κ1) is 22.4. The van der Waals surface area contributed by atoms with Gasteiger partial charge in [0.15, 0.2) is 0 Å². The Bertz CT molecular complexity index is 2260.